The highest BCUT2D eigenvalue weighted by molar-refractivity contribution is 14.0. The van der Waals surface area contributed by atoms with Crippen molar-refractivity contribution in [2.24, 2.45) is 10.7 Å². The van der Waals surface area contributed by atoms with Gasteiger partial charge >= 0.3 is 0 Å². The minimum Gasteiger partial charge on any atom is -0.497 e. The molecule has 0 amide bonds. The third-order valence-electron chi connectivity index (χ3n) is 4.57. The second-order valence-corrected chi connectivity index (χ2v) is 6.96. The fourth-order valence-corrected chi connectivity index (χ4v) is 3.36. The van der Waals surface area contributed by atoms with Gasteiger partial charge < -0.3 is 25.5 Å². The van der Waals surface area contributed by atoms with Crippen LogP contribution in [0.25, 0.3) is 10.9 Å². The number of halogens is 1. The molecule has 156 valence electrons. The Morgan fingerprint density at radius 2 is 1.76 bits per heavy atom. The number of anilines is 1. The van der Waals surface area contributed by atoms with Crippen molar-refractivity contribution < 1.29 is 9.47 Å². The lowest BCUT2D eigenvalue weighted by atomic mass is 10.1. The van der Waals surface area contributed by atoms with Gasteiger partial charge in [0.05, 0.1) is 19.7 Å². The fourth-order valence-electron chi connectivity index (χ4n) is 3.36. The summed E-state index contributed by atoms with van der Waals surface area (Å²) in [4.78, 5) is 7.86. The van der Waals surface area contributed by atoms with E-state index in [1.54, 1.807) is 14.2 Å². The molecular weight excluding hydrogens is 479 g/mol. The lowest BCUT2D eigenvalue weighted by Gasteiger charge is -2.08. The van der Waals surface area contributed by atoms with Crippen LogP contribution in [0, 0.1) is 13.8 Å². The van der Waals surface area contributed by atoms with Crippen LogP contribution in [-0.4, -0.2) is 31.7 Å². The van der Waals surface area contributed by atoms with Gasteiger partial charge in [-0.2, -0.15) is 0 Å². The normalized spacial score (nSPS) is 11.2. The van der Waals surface area contributed by atoms with Gasteiger partial charge in [0.2, 0.25) is 0 Å². The Labute approximate surface area is 188 Å². The monoisotopic (exact) mass is 508 g/mol. The first-order valence-electron chi connectivity index (χ1n) is 9.37. The molecule has 6 nitrogen and oxygen atoms in total. The van der Waals surface area contributed by atoms with Gasteiger partial charge in [-0.05, 0) is 56.0 Å². The molecule has 29 heavy (non-hydrogen) atoms. The molecule has 0 saturated carbocycles. The number of nitrogens with two attached hydrogens (primary N) is 1. The SMILES string of the molecule is COc1cc(OC)c2cc(CCCN=C(N)Nc3cc(C)cc(C)c3)[nH]c2c1.I. The summed E-state index contributed by atoms with van der Waals surface area (Å²) in [6, 6.07) is 12.2. The third kappa shape index (κ3) is 6.03. The first-order valence-corrected chi connectivity index (χ1v) is 9.37. The number of aliphatic imine (C=N–C) groups is 1. The first kappa shape index (κ1) is 22.9. The van der Waals surface area contributed by atoms with Gasteiger partial charge in [-0.15, -0.1) is 24.0 Å². The molecule has 0 spiro atoms. The van der Waals surface area contributed by atoms with Crippen LogP contribution in [-0.2, 0) is 6.42 Å². The minimum absolute atomic E-state index is 0. The number of H-pyrrole nitrogens is 1. The number of guanidine groups is 1. The number of hydrogen-bond donors (Lipinski definition) is 3. The van der Waals surface area contributed by atoms with Crippen molar-refractivity contribution in [3.63, 3.8) is 0 Å². The zero-order valence-electron chi connectivity index (χ0n) is 17.3. The van der Waals surface area contributed by atoms with Crippen molar-refractivity contribution in [3.8, 4) is 11.5 Å². The van der Waals surface area contributed by atoms with E-state index in [1.165, 1.54) is 11.1 Å². The van der Waals surface area contributed by atoms with E-state index in [9.17, 15) is 0 Å². The van der Waals surface area contributed by atoms with E-state index < -0.39 is 0 Å². The summed E-state index contributed by atoms with van der Waals surface area (Å²) in [5, 5.41) is 4.21. The molecular formula is C22H29IN4O2. The van der Waals surface area contributed by atoms with E-state index in [0.717, 1.165) is 46.6 Å². The second kappa shape index (κ2) is 10.4. The topological polar surface area (TPSA) is 84.7 Å². The Hall–Kier alpha value is -2.42. The van der Waals surface area contributed by atoms with E-state index in [1.807, 2.05) is 12.1 Å². The summed E-state index contributed by atoms with van der Waals surface area (Å²) >= 11 is 0. The number of ether oxygens (including phenoxy) is 2. The minimum atomic E-state index is 0. The number of nitrogens with zero attached hydrogens (tertiary/aromatic N) is 1. The molecule has 1 aromatic heterocycles. The Morgan fingerprint density at radius 1 is 1.03 bits per heavy atom. The Kier molecular flexibility index (Phi) is 8.19. The molecule has 0 atom stereocenters. The van der Waals surface area contributed by atoms with Crippen molar-refractivity contribution in [2.45, 2.75) is 26.7 Å². The molecule has 0 bridgehead atoms. The van der Waals surface area contributed by atoms with Crippen LogP contribution in [0.5, 0.6) is 11.5 Å². The fraction of sp³-hybridized carbons (Fsp3) is 0.318. The molecule has 0 radical (unpaired) electrons. The molecule has 7 heteroatoms. The molecule has 3 rings (SSSR count). The number of benzene rings is 2. The van der Waals surface area contributed by atoms with Gasteiger partial charge in [0.15, 0.2) is 5.96 Å². The molecule has 0 fully saturated rings. The quantitative estimate of drug-likeness (QED) is 0.186. The van der Waals surface area contributed by atoms with E-state index in [4.69, 9.17) is 15.2 Å². The number of fused-ring (bicyclic) bond motifs is 1. The van der Waals surface area contributed by atoms with Gasteiger partial charge in [-0.25, -0.2) is 0 Å². The van der Waals surface area contributed by atoms with Crippen LogP contribution in [0.15, 0.2) is 41.4 Å². The predicted molar refractivity (Wildman–Crippen MR) is 131 cm³/mol. The van der Waals surface area contributed by atoms with Crippen LogP contribution in [0.4, 0.5) is 5.69 Å². The van der Waals surface area contributed by atoms with Crippen LogP contribution >= 0.6 is 24.0 Å². The van der Waals surface area contributed by atoms with Gasteiger partial charge in [-0.1, -0.05) is 6.07 Å². The lowest BCUT2D eigenvalue weighted by Crippen LogP contribution is -2.23. The zero-order chi connectivity index (χ0) is 20.1. The number of aryl methyl sites for hydroxylation is 3. The summed E-state index contributed by atoms with van der Waals surface area (Å²) in [6.07, 6.45) is 1.77. The molecule has 3 aromatic rings. The van der Waals surface area contributed by atoms with Crippen LogP contribution in [0.1, 0.15) is 23.2 Å². The molecule has 0 unspecified atom stereocenters. The van der Waals surface area contributed by atoms with E-state index in [-0.39, 0.29) is 24.0 Å². The van der Waals surface area contributed by atoms with E-state index in [0.29, 0.717) is 12.5 Å². The van der Waals surface area contributed by atoms with Crippen molar-refractivity contribution in [3.05, 3.63) is 53.2 Å². The number of hydrogen-bond acceptors (Lipinski definition) is 3. The van der Waals surface area contributed by atoms with E-state index in [2.05, 4.69) is 53.4 Å². The van der Waals surface area contributed by atoms with Crippen molar-refractivity contribution in [1.29, 1.82) is 0 Å². The zero-order valence-corrected chi connectivity index (χ0v) is 19.7. The van der Waals surface area contributed by atoms with Crippen molar-refractivity contribution in [1.82, 2.24) is 4.98 Å². The Morgan fingerprint density at radius 3 is 2.41 bits per heavy atom. The maximum absolute atomic E-state index is 6.02. The van der Waals surface area contributed by atoms with Gasteiger partial charge in [0, 0.05) is 35.4 Å². The molecule has 4 N–H and O–H groups in total. The summed E-state index contributed by atoms with van der Waals surface area (Å²) in [6.45, 7) is 4.78. The van der Waals surface area contributed by atoms with Crippen molar-refractivity contribution >= 4 is 46.5 Å². The molecule has 0 aliphatic heterocycles. The molecule has 0 saturated heterocycles. The number of rotatable bonds is 7. The van der Waals surface area contributed by atoms with Crippen LogP contribution in [0.2, 0.25) is 0 Å². The summed E-state index contributed by atoms with van der Waals surface area (Å²) < 4.78 is 10.8. The van der Waals surface area contributed by atoms with Crippen molar-refractivity contribution in [2.75, 3.05) is 26.1 Å². The molecule has 0 aliphatic rings. The van der Waals surface area contributed by atoms with Crippen LogP contribution < -0.4 is 20.5 Å². The highest BCUT2D eigenvalue weighted by Gasteiger charge is 2.09. The first-order chi connectivity index (χ1) is 13.5. The molecule has 1 heterocycles. The average molecular weight is 508 g/mol. The van der Waals surface area contributed by atoms with Gasteiger partial charge in [0.1, 0.15) is 11.5 Å². The summed E-state index contributed by atoms with van der Waals surface area (Å²) in [7, 11) is 3.32. The predicted octanol–water partition coefficient (Wildman–Crippen LogP) is 4.78. The maximum Gasteiger partial charge on any atom is 0.193 e. The molecule has 0 aliphatic carbocycles. The number of methoxy groups -OCH3 is 2. The third-order valence-corrected chi connectivity index (χ3v) is 4.57. The Bertz CT molecular complexity index is 978. The summed E-state index contributed by atoms with van der Waals surface area (Å²) in [5.74, 6) is 2.01. The molecule has 2 aromatic carbocycles. The standard InChI is InChI=1S/C22H28N4O2.HI/c1-14-8-15(2)10-17(9-14)26-22(23)24-7-5-6-16-11-19-20(25-16)12-18(27-3)13-21(19)28-4;/h8-13,25H,5-7H2,1-4H3,(H3,23,24,26);1H. The number of aromatic nitrogens is 1. The summed E-state index contributed by atoms with van der Waals surface area (Å²) in [5.41, 5.74) is 11.5. The average Bonchev–Trinajstić information content (AvgIpc) is 3.06. The largest absolute Gasteiger partial charge is 0.497 e. The van der Waals surface area contributed by atoms with Gasteiger partial charge in [-0.3, -0.25) is 4.99 Å². The highest BCUT2D eigenvalue weighted by atomic mass is 127. The maximum atomic E-state index is 6.02. The van der Waals surface area contributed by atoms with Gasteiger partial charge in [0.25, 0.3) is 0 Å². The number of aromatic amines is 1. The Balaban J connectivity index is 0.00000300. The van der Waals surface area contributed by atoms with E-state index >= 15 is 0 Å². The van der Waals surface area contributed by atoms with Crippen LogP contribution in [0.3, 0.4) is 0 Å². The lowest BCUT2D eigenvalue weighted by molar-refractivity contribution is 0.398. The number of nitrogens with one attached hydrogen (secondary N) is 2. The smallest absolute Gasteiger partial charge is 0.193 e. The second-order valence-electron chi connectivity index (χ2n) is 6.96. The highest BCUT2D eigenvalue weighted by Crippen LogP contribution is 2.31.